The van der Waals surface area contributed by atoms with Crippen LogP contribution >= 0.6 is 11.6 Å². The van der Waals surface area contributed by atoms with E-state index in [0.717, 1.165) is 23.1 Å². The number of carbonyl (C=O) groups is 1. The summed E-state index contributed by atoms with van der Waals surface area (Å²) < 4.78 is 19.7. The molecule has 6 nitrogen and oxygen atoms in total. The van der Waals surface area contributed by atoms with E-state index in [1.165, 1.54) is 6.07 Å². The van der Waals surface area contributed by atoms with Crippen molar-refractivity contribution < 1.29 is 18.8 Å². The van der Waals surface area contributed by atoms with Crippen LogP contribution in [0.1, 0.15) is 29.5 Å². The van der Waals surface area contributed by atoms with Crippen molar-refractivity contribution in [3.63, 3.8) is 0 Å². The second-order valence-electron chi connectivity index (χ2n) is 6.40. The molecule has 3 aromatic rings. The second kappa shape index (κ2) is 6.66. The number of amides is 1. The maximum atomic E-state index is 14.7. The summed E-state index contributed by atoms with van der Waals surface area (Å²) in [6.07, 6.45) is 0.364. The summed E-state index contributed by atoms with van der Waals surface area (Å²) in [7, 11) is 0. The molecule has 0 saturated carbocycles. The van der Waals surface area contributed by atoms with Crippen molar-refractivity contribution >= 4 is 17.7 Å². The lowest BCUT2D eigenvalue weighted by Gasteiger charge is -2.13. The Balaban J connectivity index is 1.82. The van der Waals surface area contributed by atoms with Gasteiger partial charge >= 0.3 is 6.09 Å². The molecule has 2 aromatic carbocycles. The molecule has 1 aliphatic carbocycles. The lowest BCUT2D eigenvalue weighted by Crippen LogP contribution is -2.24. The molecule has 0 aliphatic heterocycles. The topological polar surface area (TPSA) is 88.2 Å². The fraction of sp³-hybridized carbons (Fsp3) is 0.211. The highest BCUT2D eigenvalue weighted by atomic mass is 35.5. The molecule has 1 aromatic heterocycles. The summed E-state index contributed by atoms with van der Waals surface area (Å²) in [4.78, 5) is 15.1. The summed E-state index contributed by atoms with van der Waals surface area (Å²) in [5.41, 5.74) is 3.47. The first-order valence-corrected chi connectivity index (χ1v) is 8.72. The van der Waals surface area contributed by atoms with Crippen LogP contribution in [0.5, 0.6) is 0 Å². The highest BCUT2D eigenvalue weighted by Crippen LogP contribution is 2.39. The standard InChI is InChI=1S/C19H15ClFN3O3/c1-9-22-18(24-27-9)17-14(7-12(20)8-15(17)21)11-2-4-13-10(6-11)3-5-16(13)23-19(25)26/h2,4,6-8,16,23H,3,5H2,1H3,(H,25,26). The van der Waals surface area contributed by atoms with Crippen LogP contribution in [0.25, 0.3) is 22.5 Å². The molecular formula is C19H15ClFN3O3. The van der Waals surface area contributed by atoms with Gasteiger partial charge in [-0.05, 0) is 47.2 Å². The highest BCUT2D eigenvalue weighted by Gasteiger charge is 2.25. The molecule has 1 heterocycles. The number of nitrogens with zero attached hydrogens (tertiary/aromatic N) is 2. The minimum atomic E-state index is -1.05. The summed E-state index contributed by atoms with van der Waals surface area (Å²) >= 11 is 6.08. The number of benzene rings is 2. The van der Waals surface area contributed by atoms with Crippen molar-refractivity contribution in [1.29, 1.82) is 0 Å². The number of aryl methyl sites for hydroxylation is 2. The molecule has 27 heavy (non-hydrogen) atoms. The van der Waals surface area contributed by atoms with E-state index < -0.39 is 11.9 Å². The molecule has 1 aliphatic rings. The van der Waals surface area contributed by atoms with Gasteiger partial charge in [-0.15, -0.1) is 0 Å². The van der Waals surface area contributed by atoms with Crippen molar-refractivity contribution in [2.75, 3.05) is 0 Å². The molecule has 0 fully saturated rings. The van der Waals surface area contributed by atoms with E-state index in [4.69, 9.17) is 21.2 Å². The lowest BCUT2D eigenvalue weighted by molar-refractivity contribution is 0.190. The van der Waals surface area contributed by atoms with Gasteiger partial charge in [0.15, 0.2) is 0 Å². The molecule has 8 heteroatoms. The Morgan fingerprint density at radius 2 is 2.19 bits per heavy atom. The van der Waals surface area contributed by atoms with Gasteiger partial charge in [-0.1, -0.05) is 35.0 Å². The van der Waals surface area contributed by atoms with Crippen LogP contribution in [0.3, 0.4) is 0 Å². The first kappa shape index (κ1) is 17.5. The molecule has 2 N–H and O–H groups in total. The molecule has 4 rings (SSSR count). The Hall–Kier alpha value is -2.93. The summed E-state index contributed by atoms with van der Waals surface area (Å²) in [6.45, 7) is 1.63. The lowest BCUT2D eigenvalue weighted by atomic mass is 9.95. The van der Waals surface area contributed by atoms with Crippen LogP contribution in [0.15, 0.2) is 34.9 Å². The van der Waals surface area contributed by atoms with Crippen LogP contribution in [0.4, 0.5) is 9.18 Å². The van der Waals surface area contributed by atoms with Gasteiger partial charge in [0.1, 0.15) is 5.82 Å². The number of aromatic nitrogens is 2. The number of rotatable bonds is 3. The molecule has 1 atom stereocenters. The average Bonchev–Trinajstić information content (AvgIpc) is 3.20. The van der Waals surface area contributed by atoms with E-state index in [2.05, 4.69) is 15.5 Å². The third-order valence-electron chi connectivity index (χ3n) is 4.64. The number of hydrogen-bond acceptors (Lipinski definition) is 4. The first-order valence-electron chi connectivity index (χ1n) is 8.35. The number of nitrogens with one attached hydrogen (secondary N) is 1. The fourth-order valence-electron chi connectivity index (χ4n) is 3.51. The third-order valence-corrected chi connectivity index (χ3v) is 4.85. The zero-order chi connectivity index (χ0) is 19.1. The molecule has 1 unspecified atom stereocenters. The Morgan fingerprint density at radius 1 is 1.37 bits per heavy atom. The summed E-state index contributed by atoms with van der Waals surface area (Å²) in [5, 5.41) is 15.6. The monoisotopic (exact) mass is 387 g/mol. The normalized spacial score (nSPS) is 15.6. The van der Waals surface area contributed by atoms with E-state index in [9.17, 15) is 9.18 Å². The summed E-state index contributed by atoms with van der Waals surface area (Å²) in [5.74, 6) is -0.0476. The van der Waals surface area contributed by atoms with Crippen molar-refractivity contribution in [3.05, 3.63) is 58.2 Å². The van der Waals surface area contributed by atoms with Gasteiger partial charge in [-0.25, -0.2) is 9.18 Å². The smallest absolute Gasteiger partial charge is 0.405 e. The largest absolute Gasteiger partial charge is 0.465 e. The van der Waals surface area contributed by atoms with Gasteiger partial charge in [0.2, 0.25) is 11.7 Å². The van der Waals surface area contributed by atoms with Crippen molar-refractivity contribution in [1.82, 2.24) is 15.5 Å². The van der Waals surface area contributed by atoms with E-state index in [1.807, 2.05) is 18.2 Å². The van der Waals surface area contributed by atoms with E-state index in [0.29, 0.717) is 17.9 Å². The minimum Gasteiger partial charge on any atom is -0.465 e. The number of fused-ring (bicyclic) bond motifs is 1. The van der Waals surface area contributed by atoms with Gasteiger partial charge in [-0.2, -0.15) is 4.98 Å². The molecule has 0 saturated heterocycles. The zero-order valence-corrected chi connectivity index (χ0v) is 15.0. The van der Waals surface area contributed by atoms with Crippen LogP contribution in [0, 0.1) is 12.7 Å². The Bertz CT molecular complexity index is 1050. The van der Waals surface area contributed by atoms with Crippen LogP contribution in [-0.4, -0.2) is 21.3 Å². The highest BCUT2D eigenvalue weighted by molar-refractivity contribution is 6.31. The quantitative estimate of drug-likeness (QED) is 0.676. The maximum Gasteiger partial charge on any atom is 0.405 e. The molecule has 0 bridgehead atoms. The Morgan fingerprint density at radius 3 is 2.89 bits per heavy atom. The first-order chi connectivity index (χ1) is 12.9. The van der Waals surface area contributed by atoms with Gasteiger partial charge in [0.25, 0.3) is 0 Å². The maximum absolute atomic E-state index is 14.7. The van der Waals surface area contributed by atoms with Gasteiger partial charge in [0, 0.05) is 11.9 Å². The van der Waals surface area contributed by atoms with Crippen LogP contribution in [-0.2, 0) is 6.42 Å². The van der Waals surface area contributed by atoms with Crippen molar-refractivity contribution in [2.45, 2.75) is 25.8 Å². The predicted molar refractivity (Wildman–Crippen MR) is 97.1 cm³/mol. The molecule has 1 amide bonds. The minimum absolute atomic E-state index is 0.155. The number of halogens is 2. The number of hydrogen-bond donors (Lipinski definition) is 2. The SMILES string of the molecule is Cc1nc(-c2c(F)cc(Cl)cc2-c2ccc3c(c2)CCC3NC(=O)O)no1. The third kappa shape index (κ3) is 3.26. The number of carboxylic acid groups (broad SMARTS) is 1. The average molecular weight is 388 g/mol. The Labute approximate surface area is 159 Å². The van der Waals surface area contributed by atoms with E-state index >= 15 is 0 Å². The van der Waals surface area contributed by atoms with Gasteiger partial charge < -0.3 is 14.9 Å². The molecule has 0 spiro atoms. The van der Waals surface area contributed by atoms with E-state index in [1.54, 1.807) is 13.0 Å². The molecular weight excluding hydrogens is 373 g/mol. The Kier molecular flexibility index (Phi) is 4.31. The van der Waals surface area contributed by atoms with Crippen molar-refractivity contribution in [2.24, 2.45) is 0 Å². The van der Waals surface area contributed by atoms with Crippen LogP contribution in [0.2, 0.25) is 5.02 Å². The predicted octanol–water partition coefficient (Wildman–Crippen LogP) is 4.76. The fourth-order valence-corrected chi connectivity index (χ4v) is 3.72. The van der Waals surface area contributed by atoms with E-state index in [-0.39, 0.29) is 22.5 Å². The van der Waals surface area contributed by atoms with Crippen molar-refractivity contribution in [3.8, 4) is 22.5 Å². The molecule has 138 valence electrons. The summed E-state index contributed by atoms with van der Waals surface area (Å²) in [6, 6.07) is 8.26. The zero-order valence-electron chi connectivity index (χ0n) is 14.3. The van der Waals surface area contributed by atoms with Gasteiger partial charge in [0.05, 0.1) is 11.6 Å². The second-order valence-corrected chi connectivity index (χ2v) is 6.84. The molecule has 0 radical (unpaired) electrons. The van der Waals surface area contributed by atoms with Crippen LogP contribution < -0.4 is 5.32 Å². The van der Waals surface area contributed by atoms with Gasteiger partial charge in [-0.3, -0.25) is 0 Å².